The largest absolute Gasteiger partial charge is 0.489 e. The lowest BCUT2D eigenvalue weighted by Crippen LogP contribution is -2.52. The SMILES string of the molecule is CCC(CNC(=O)C1CNC1)Oc1cccc(C)c1.Cl. The minimum absolute atomic E-state index is 0. The molecule has 1 aliphatic rings. The van der Waals surface area contributed by atoms with Crippen molar-refractivity contribution in [3.8, 4) is 5.75 Å². The average Bonchev–Trinajstić information content (AvgIpc) is 2.32. The van der Waals surface area contributed by atoms with E-state index in [1.54, 1.807) is 0 Å². The van der Waals surface area contributed by atoms with Gasteiger partial charge in [0.2, 0.25) is 5.91 Å². The predicted molar refractivity (Wildman–Crippen MR) is 82.5 cm³/mol. The third-order valence-electron chi connectivity index (χ3n) is 3.40. The van der Waals surface area contributed by atoms with Crippen LogP contribution < -0.4 is 15.4 Å². The Hall–Kier alpha value is -1.26. The lowest BCUT2D eigenvalue weighted by molar-refractivity contribution is -0.126. The Kier molecular flexibility index (Phi) is 6.82. The van der Waals surface area contributed by atoms with Crippen molar-refractivity contribution < 1.29 is 9.53 Å². The lowest BCUT2D eigenvalue weighted by Gasteiger charge is -2.27. The van der Waals surface area contributed by atoms with Crippen LogP contribution in [-0.2, 0) is 4.79 Å². The van der Waals surface area contributed by atoms with Crippen molar-refractivity contribution in [2.24, 2.45) is 5.92 Å². The Morgan fingerprint density at radius 1 is 1.50 bits per heavy atom. The molecule has 0 aliphatic carbocycles. The van der Waals surface area contributed by atoms with Gasteiger partial charge in [-0.3, -0.25) is 4.79 Å². The van der Waals surface area contributed by atoms with Gasteiger partial charge in [-0.25, -0.2) is 0 Å². The van der Waals surface area contributed by atoms with Crippen LogP contribution in [0.3, 0.4) is 0 Å². The number of halogens is 1. The first-order valence-electron chi connectivity index (χ1n) is 6.90. The van der Waals surface area contributed by atoms with Gasteiger partial charge in [0.05, 0.1) is 12.5 Å². The molecule has 1 atom stereocenters. The molecule has 2 rings (SSSR count). The van der Waals surface area contributed by atoms with E-state index < -0.39 is 0 Å². The van der Waals surface area contributed by atoms with Crippen molar-refractivity contribution in [2.75, 3.05) is 19.6 Å². The average molecular weight is 299 g/mol. The molecule has 112 valence electrons. The maximum Gasteiger partial charge on any atom is 0.225 e. The molecule has 5 heteroatoms. The molecule has 0 spiro atoms. The Balaban J connectivity index is 0.00000200. The van der Waals surface area contributed by atoms with Crippen LogP contribution in [-0.4, -0.2) is 31.6 Å². The maximum atomic E-state index is 11.7. The van der Waals surface area contributed by atoms with Crippen molar-refractivity contribution in [3.05, 3.63) is 29.8 Å². The van der Waals surface area contributed by atoms with Crippen molar-refractivity contribution >= 4 is 18.3 Å². The van der Waals surface area contributed by atoms with E-state index >= 15 is 0 Å². The molecule has 1 saturated heterocycles. The minimum Gasteiger partial charge on any atom is -0.489 e. The fourth-order valence-electron chi connectivity index (χ4n) is 1.98. The summed E-state index contributed by atoms with van der Waals surface area (Å²) in [5.41, 5.74) is 1.18. The molecule has 4 nitrogen and oxygen atoms in total. The first kappa shape index (κ1) is 16.8. The lowest BCUT2D eigenvalue weighted by atomic mass is 10.0. The van der Waals surface area contributed by atoms with Gasteiger partial charge in [-0.05, 0) is 31.0 Å². The smallest absolute Gasteiger partial charge is 0.225 e. The summed E-state index contributed by atoms with van der Waals surface area (Å²) in [5, 5.41) is 6.06. The van der Waals surface area contributed by atoms with Crippen molar-refractivity contribution in [3.63, 3.8) is 0 Å². The number of rotatable bonds is 6. The van der Waals surface area contributed by atoms with Gasteiger partial charge in [-0.15, -0.1) is 12.4 Å². The van der Waals surface area contributed by atoms with E-state index in [2.05, 4.69) is 17.6 Å². The monoisotopic (exact) mass is 298 g/mol. The topological polar surface area (TPSA) is 50.4 Å². The highest BCUT2D eigenvalue weighted by atomic mass is 35.5. The molecule has 1 heterocycles. The molecule has 1 aromatic rings. The first-order chi connectivity index (χ1) is 9.19. The van der Waals surface area contributed by atoms with Crippen LogP contribution >= 0.6 is 12.4 Å². The number of carbonyl (C=O) groups excluding carboxylic acids is 1. The summed E-state index contributed by atoms with van der Waals surface area (Å²) in [4.78, 5) is 11.7. The number of benzene rings is 1. The number of hydrogen-bond donors (Lipinski definition) is 2. The van der Waals surface area contributed by atoms with Crippen LogP contribution in [0, 0.1) is 12.8 Å². The third kappa shape index (κ3) is 4.69. The van der Waals surface area contributed by atoms with E-state index in [1.807, 2.05) is 31.2 Å². The van der Waals surface area contributed by atoms with E-state index in [4.69, 9.17) is 4.74 Å². The predicted octanol–water partition coefficient (Wildman–Crippen LogP) is 1.91. The van der Waals surface area contributed by atoms with E-state index in [0.29, 0.717) is 6.54 Å². The molecular weight excluding hydrogens is 276 g/mol. The third-order valence-corrected chi connectivity index (χ3v) is 3.40. The highest BCUT2D eigenvalue weighted by Crippen LogP contribution is 2.15. The number of aryl methyl sites for hydroxylation is 1. The Morgan fingerprint density at radius 2 is 2.25 bits per heavy atom. The maximum absolute atomic E-state index is 11.7. The summed E-state index contributed by atoms with van der Waals surface area (Å²) in [6.07, 6.45) is 0.899. The molecule has 1 amide bonds. The standard InChI is InChI=1S/C15H22N2O2.ClH/c1-3-13(10-17-15(18)12-8-16-9-12)19-14-6-4-5-11(2)7-14;/h4-7,12-13,16H,3,8-10H2,1-2H3,(H,17,18);1H. The van der Waals surface area contributed by atoms with Gasteiger partial charge < -0.3 is 15.4 Å². The normalized spacial score (nSPS) is 15.7. The van der Waals surface area contributed by atoms with E-state index in [9.17, 15) is 4.79 Å². The first-order valence-corrected chi connectivity index (χ1v) is 6.90. The number of ether oxygens (including phenoxy) is 1. The fourth-order valence-corrected chi connectivity index (χ4v) is 1.98. The minimum atomic E-state index is 0. The summed E-state index contributed by atoms with van der Waals surface area (Å²) >= 11 is 0. The van der Waals surface area contributed by atoms with Gasteiger partial charge in [0.25, 0.3) is 0 Å². The van der Waals surface area contributed by atoms with E-state index in [0.717, 1.165) is 25.3 Å². The van der Waals surface area contributed by atoms with Crippen LogP contribution in [0.2, 0.25) is 0 Å². The van der Waals surface area contributed by atoms with Gasteiger partial charge in [-0.1, -0.05) is 19.1 Å². The summed E-state index contributed by atoms with van der Waals surface area (Å²) in [6.45, 7) is 6.26. The van der Waals surface area contributed by atoms with Crippen LogP contribution in [0.1, 0.15) is 18.9 Å². The van der Waals surface area contributed by atoms with Crippen LogP contribution in [0.4, 0.5) is 0 Å². The molecule has 0 bridgehead atoms. The Bertz CT molecular complexity index is 436. The molecular formula is C15H23ClN2O2. The van der Waals surface area contributed by atoms with Crippen LogP contribution in [0.5, 0.6) is 5.75 Å². The van der Waals surface area contributed by atoms with Gasteiger partial charge in [0.1, 0.15) is 11.9 Å². The molecule has 0 saturated carbocycles. The summed E-state index contributed by atoms with van der Waals surface area (Å²) < 4.78 is 5.90. The van der Waals surface area contributed by atoms with Crippen LogP contribution in [0.15, 0.2) is 24.3 Å². The molecule has 2 N–H and O–H groups in total. The second-order valence-corrected chi connectivity index (χ2v) is 5.06. The Morgan fingerprint density at radius 3 is 2.80 bits per heavy atom. The Labute approximate surface area is 126 Å². The van der Waals surface area contributed by atoms with Crippen molar-refractivity contribution in [1.29, 1.82) is 0 Å². The summed E-state index contributed by atoms with van der Waals surface area (Å²) in [5.74, 6) is 1.13. The van der Waals surface area contributed by atoms with Crippen molar-refractivity contribution in [1.82, 2.24) is 10.6 Å². The molecule has 1 aliphatic heterocycles. The number of hydrogen-bond acceptors (Lipinski definition) is 3. The molecule has 20 heavy (non-hydrogen) atoms. The van der Waals surface area contributed by atoms with Gasteiger partial charge >= 0.3 is 0 Å². The summed E-state index contributed by atoms with van der Waals surface area (Å²) in [6, 6.07) is 7.99. The molecule has 0 aromatic heterocycles. The number of carbonyl (C=O) groups is 1. The van der Waals surface area contributed by atoms with Crippen molar-refractivity contribution in [2.45, 2.75) is 26.4 Å². The van der Waals surface area contributed by atoms with E-state index in [1.165, 1.54) is 5.56 Å². The quantitative estimate of drug-likeness (QED) is 0.843. The molecule has 1 unspecified atom stereocenters. The van der Waals surface area contributed by atoms with Gasteiger partial charge in [-0.2, -0.15) is 0 Å². The van der Waals surface area contributed by atoms with Crippen LogP contribution in [0.25, 0.3) is 0 Å². The fraction of sp³-hybridized carbons (Fsp3) is 0.533. The van der Waals surface area contributed by atoms with Gasteiger partial charge in [0, 0.05) is 13.1 Å². The second kappa shape index (κ2) is 8.12. The zero-order valence-corrected chi connectivity index (χ0v) is 12.8. The van der Waals surface area contributed by atoms with E-state index in [-0.39, 0.29) is 30.3 Å². The highest BCUT2D eigenvalue weighted by Gasteiger charge is 2.25. The second-order valence-electron chi connectivity index (χ2n) is 5.06. The summed E-state index contributed by atoms with van der Waals surface area (Å²) in [7, 11) is 0. The number of nitrogens with one attached hydrogen (secondary N) is 2. The van der Waals surface area contributed by atoms with Gasteiger partial charge in [0.15, 0.2) is 0 Å². The zero-order chi connectivity index (χ0) is 13.7. The number of amides is 1. The molecule has 1 fully saturated rings. The molecule has 0 radical (unpaired) electrons. The highest BCUT2D eigenvalue weighted by molar-refractivity contribution is 5.85. The molecule has 1 aromatic carbocycles. The zero-order valence-electron chi connectivity index (χ0n) is 12.0.